The van der Waals surface area contributed by atoms with Crippen molar-refractivity contribution in [3.63, 3.8) is 0 Å². The first kappa shape index (κ1) is 17.8. The van der Waals surface area contributed by atoms with E-state index in [2.05, 4.69) is 15.6 Å². The third-order valence-corrected chi connectivity index (χ3v) is 6.36. The zero-order chi connectivity index (χ0) is 17.9. The summed E-state index contributed by atoms with van der Waals surface area (Å²) in [5.41, 5.74) is 1.95. The molecule has 1 aliphatic heterocycles. The quantitative estimate of drug-likeness (QED) is 0.629. The molecule has 1 unspecified atom stereocenters. The van der Waals surface area contributed by atoms with E-state index in [0.29, 0.717) is 24.8 Å². The number of aliphatic imine (C=N–C) groups is 1. The second kappa shape index (κ2) is 7.47. The van der Waals surface area contributed by atoms with Crippen LogP contribution in [0.5, 0.6) is 0 Å². The first-order valence-electron chi connectivity index (χ1n) is 8.68. The average Bonchev–Trinajstić information content (AvgIpc) is 3.08. The number of fused-ring (bicyclic) bond motifs is 1. The highest BCUT2D eigenvalue weighted by Crippen LogP contribution is 2.25. The first-order valence-corrected chi connectivity index (χ1v) is 10.5. The molecule has 1 atom stereocenters. The van der Waals surface area contributed by atoms with Crippen LogP contribution < -0.4 is 10.6 Å². The highest BCUT2D eigenvalue weighted by atomic mass is 32.2. The first-order chi connectivity index (χ1) is 12.0. The van der Waals surface area contributed by atoms with Crippen molar-refractivity contribution in [2.75, 3.05) is 24.6 Å². The molecule has 0 spiro atoms. The van der Waals surface area contributed by atoms with Gasteiger partial charge in [-0.1, -0.05) is 18.2 Å². The van der Waals surface area contributed by atoms with Crippen molar-refractivity contribution >= 4 is 26.8 Å². The number of aryl methyl sites for hydroxylation is 1. The van der Waals surface area contributed by atoms with Gasteiger partial charge in [-0.3, -0.25) is 0 Å². The second-order valence-electron chi connectivity index (χ2n) is 6.48. The number of hydrogen-bond donors (Lipinski definition) is 2. The van der Waals surface area contributed by atoms with Crippen molar-refractivity contribution in [2.24, 2.45) is 10.9 Å². The third kappa shape index (κ3) is 4.34. The summed E-state index contributed by atoms with van der Waals surface area (Å²) in [6, 6.07) is 7.95. The number of nitrogens with zero attached hydrogens (tertiary/aromatic N) is 1. The third-order valence-electron chi connectivity index (χ3n) is 4.52. The molecule has 0 bridgehead atoms. The lowest BCUT2D eigenvalue weighted by atomic mass is 10.1. The largest absolute Gasteiger partial charge is 0.461 e. The van der Waals surface area contributed by atoms with Gasteiger partial charge in [0.1, 0.15) is 11.3 Å². The predicted molar refractivity (Wildman–Crippen MR) is 101 cm³/mol. The van der Waals surface area contributed by atoms with E-state index in [0.717, 1.165) is 35.3 Å². The van der Waals surface area contributed by atoms with E-state index in [1.54, 1.807) is 0 Å². The highest BCUT2D eigenvalue weighted by Gasteiger charge is 2.27. The summed E-state index contributed by atoms with van der Waals surface area (Å²) in [7, 11) is -2.85. The lowest BCUT2D eigenvalue weighted by molar-refractivity contribution is 0.565. The Bertz CT molecular complexity index is 871. The Morgan fingerprint density at radius 3 is 2.84 bits per heavy atom. The minimum Gasteiger partial charge on any atom is -0.461 e. The summed E-state index contributed by atoms with van der Waals surface area (Å²) in [5, 5.41) is 7.57. The number of benzene rings is 1. The summed E-state index contributed by atoms with van der Waals surface area (Å²) in [4.78, 5) is 4.65. The number of rotatable bonds is 5. The van der Waals surface area contributed by atoms with Crippen molar-refractivity contribution in [1.29, 1.82) is 0 Å². The van der Waals surface area contributed by atoms with Gasteiger partial charge in [0.05, 0.1) is 18.1 Å². The van der Waals surface area contributed by atoms with Gasteiger partial charge in [0.15, 0.2) is 15.8 Å². The van der Waals surface area contributed by atoms with Crippen LogP contribution in [0.25, 0.3) is 11.0 Å². The Morgan fingerprint density at radius 1 is 1.32 bits per heavy atom. The molecule has 0 saturated carbocycles. The van der Waals surface area contributed by atoms with E-state index in [4.69, 9.17) is 4.42 Å². The summed E-state index contributed by atoms with van der Waals surface area (Å²) < 4.78 is 28.9. The molecule has 2 aromatic rings. The molecular formula is C18H25N3O3S. The maximum Gasteiger partial charge on any atom is 0.191 e. The minimum atomic E-state index is -2.85. The summed E-state index contributed by atoms with van der Waals surface area (Å²) in [6.45, 7) is 5.85. The molecule has 3 rings (SSSR count). The van der Waals surface area contributed by atoms with Gasteiger partial charge >= 0.3 is 0 Å². The maximum absolute atomic E-state index is 11.6. The van der Waals surface area contributed by atoms with E-state index in [-0.39, 0.29) is 11.7 Å². The number of para-hydroxylation sites is 1. The molecule has 25 heavy (non-hydrogen) atoms. The minimum absolute atomic E-state index is 0.158. The summed E-state index contributed by atoms with van der Waals surface area (Å²) in [5.74, 6) is 2.31. The van der Waals surface area contributed by atoms with E-state index >= 15 is 0 Å². The van der Waals surface area contributed by atoms with Crippen LogP contribution in [0.2, 0.25) is 0 Å². The molecule has 0 amide bonds. The maximum atomic E-state index is 11.6. The molecule has 1 saturated heterocycles. The number of hydrogen-bond acceptors (Lipinski definition) is 4. The van der Waals surface area contributed by atoms with Gasteiger partial charge < -0.3 is 15.1 Å². The molecule has 0 aliphatic carbocycles. The fourth-order valence-corrected chi connectivity index (χ4v) is 5.05. The Balaban J connectivity index is 1.68. The fourth-order valence-electron chi connectivity index (χ4n) is 3.19. The number of furan rings is 1. The lowest BCUT2D eigenvalue weighted by Gasteiger charge is -2.14. The summed E-state index contributed by atoms with van der Waals surface area (Å²) in [6.07, 6.45) is 0.722. The van der Waals surface area contributed by atoms with Crippen LogP contribution in [0.3, 0.4) is 0 Å². The number of guanidine groups is 1. The molecule has 2 heterocycles. The molecular weight excluding hydrogens is 338 g/mol. The molecule has 1 fully saturated rings. The van der Waals surface area contributed by atoms with Crippen molar-refractivity contribution < 1.29 is 12.8 Å². The van der Waals surface area contributed by atoms with Crippen LogP contribution in [0, 0.1) is 12.8 Å². The zero-order valence-corrected chi connectivity index (χ0v) is 15.5. The molecule has 1 aromatic heterocycles. The van der Waals surface area contributed by atoms with Crippen LogP contribution >= 0.6 is 0 Å². The van der Waals surface area contributed by atoms with Crippen molar-refractivity contribution in [3.05, 3.63) is 35.6 Å². The molecule has 0 radical (unpaired) electrons. The number of sulfone groups is 1. The smallest absolute Gasteiger partial charge is 0.191 e. The standard InChI is InChI=1S/C18H25N3O3S/c1-3-19-18(20-10-14-8-9-25(22,23)12-14)21-11-16-13(2)24-17-7-5-4-6-15(16)17/h4-7,14H,3,8-12H2,1-2H3,(H2,19,20,21). The monoisotopic (exact) mass is 363 g/mol. The normalized spacial score (nSPS) is 20.1. The van der Waals surface area contributed by atoms with Crippen LogP contribution in [-0.4, -0.2) is 39.0 Å². The Labute approximate surface area is 148 Å². The lowest BCUT2D eigenvalue weighted by Crippen LogP contribution is -2.40. The van der Waals surface area contributed by atoms with Crippen LogP contribution in [0.1, 0.15) is 24.7 Å². The zero-order valence-electron chi connectivity index (χ0n) is 14.7. The Morgan fingerprint density at radius 2 is 2.12 bits per heavy atom. The van der Waals surface area contributed by atoms with Gasteiger partial charge in [-0.2, -0.15) is 0 Å². The fraction of sp³-hybridized carbons (Fsp3) is 0.500. The van der Waals surface area contributed by atoms with Gasteiger partial charge in [-0.05, 0) is 32.3 Å². The molecule has 136 valence electrons. The molecule has 7 heteroatoms. The predicted octanol–water partition coefficient (Wildman–Crippen LogP) is 2.23. The SMILES string of the molecule is CCNC(=NCc1c(C)oc2ccccc12)NCC1CCS(=O)(=O)C1. The van der Waals surface area contributed by atoms with E-state index in [9.17, 15) is 8.42 Å². The molecule has 1 aromatic carbocycles. The Hall–Kier alpha value is -2.02. The molecule has 1 aliphatic rings. The topological polar surface area (TPSA) is 83.7 Å². The van der Waals surface area contributed by atoms with Crippen molar-refractivity contribution in [1.82, 2.24) is 10.6 Å². The van der Waals surface area contributed by atoms with Crippen LogP contribution in [0.15, 0.2) is 33.7 Å². The van der Waals surface area contributed by atoms with Crippen LogP contribution in [-0.2, 0) is 16.4 Å². The second-order valence-corrected chi connectivity index (χ2v) is 8.71. The highest BCUT2D eigenvalue weighted by molar-refractivity contribution is 7.91. The van der Waals surface area contributed by atoms with Gasteiger partial charge in [0, 0.05) is 24.0 Å². The summed E-state index contributed by atoms with van der Waals surface area (Å²) >= 11 is 0. The van der Waals surface area contributed by atoms with E-state index in [1.165, 1.54) is 0 Å². The van der Waals surface area contributed by atoms with E-state index < -0.39 is 9.84 Å². The van der Waals surface area contributed by atoms with Crippen molar-refractivity contribution in [2.45, 2.75) is 26.8 Å². The van der Waals surface area contributed by atoms with Crippen LogP contribution in [0.4, 0.5) is 0 Å². The number of nitrogens with one attached hydrogen (secondary N) is 2. The van der Waals surface area contributed by atoms with Crippen molar-refractivity contribution in [3.8, 4) is 0 Å². The Kier molecular flexibility index (Phi) is 5.32. The molecule has 2 N–H and O–H groups in total. The van der Waals surface area contributed by atoms with Gasteiger partial charge in [0.25, 0.3) is 0 Å². The van der Waals surface area contributed by atoms with E-state index in [1.807, 2.05) is 38.1 Å². The van der Waals surface area contributed by atoms with Gasteiger partial charge in [0.2, 0.25) is 0 Å². The van der Waals surface area contributed by atoms with Gasteiger partial charge in [-0.15, -0.1) is 0 Å². The van der Waals surface area contributed by atoms with Gasteiger partial charge in [-0.25, -0.2) is 13.4 Å². The molecule has 6 nitrogen and oxygen atoms in total. The average molecular weight is 363 g/mol.